The Morgan fingerprint density at radius 1 is 1.25 bits per heavy atom. The lowest BCUT2D eigenvalue weighted by atomic mass is 9.91. The highest BCUT2D eigenvalue weighted by Gasteiger charge is 2.18. The van der Waals surface area contributed by atoms with Crippen LogP contribution in [-0.2, 0) is 0 Å². The summed E-state index contributed by atoms with van der Waals surface area (Å²) in [6.45, 7) is 6.23. The van der Waals surface area contributed by atoms with Gasteiger partial charge < -0.3 is 10.3 Å². The van der Waals surface area contributed by atoms with Gasteiger partial charge in [0.15, 0.2) is 0 Å². The van der Waals surface area contributed by atoms with E-state index in [0.29, 0.717) is 11.8 Å². The molecule has 0 saturated carbocycles. The molecule has 2 rings (SSSR count). The van der Waals surface area contributed by atoms with Crippen LogP contribution in [0.4, 0.5) is 0 Å². The number of aromatic nitrogens is 1. The molecule has 2 heterocycles. The summed E-state index contributed by atoms with van der Waals surface area (Å²) in [5.41, 5.74) is 2.10. The molecule has 0 radical (unpaired) electrons. The zero-order valence-corrected chi connectivity index (χ0v) is 10.0. The zero-order chi connectivity index (χ0) is 11.5. The van der Waals surface area contributed by atoms with E-state index in [9.17, 15) is 4.79 Å². The predicted molar refractivity (Wildman–Crippen MR) is 66.0 cm³/mol. The van der Waals surface area contributed by atoms with Gasteiger partial charge in [0.25, 0.3) is 5.56 Å². The monoisotopic (exact) mass is 220 g/mol. The number of aromatic amines is 1. The first-order valence-corrected chi connectivity index (χ1v) is 6.12. The molecule has 0 aliphatic carbocycles. The first-order valence-electron chi connectivity index (χ1n) is 6.12. The Hall–Kier alpha value is -1.09. The van der Waals surface area contributed by atoms with Crippen LogP contribution >= 0.6 is 0 Å². The van der Waals surface area contributed by atoms with Gasteiger partial charge in [-0.1, -0.05) is 19.9 Å². The molecule has 16 heavy (non-hydrogen) atoms. The highest BCUT2D eigenvalue weighted by molar-refractivity contribution is 5.20. The van der Waals surface area contributed by atoms with Gasteiger partial charge in [-0.15, -0.1) is 0 Å². The van der Waals surface area contributed by atoms with E-state index in [4.69, 9.17) is 0 Å². The molecule has 0 aromatic carbocycles. The summed E-state index contributed by atoms with van der Waals surface area (Å²) in [5, 5.41) is 3.32. The maximum Gasteiger partial charge on any atom is 0.251 e. The van der Waals surface area contributed by atoms with Gasteiger partial charge in [-0.2, -0.15) is 0 Å². The van der Waals surface area contributed by atoms with Gasteiger partial charge in [0.05, 0.1) is 0 Å². The van der Waals surface area contributed by atoms with Crippen molar-refractivity contribution in [3.05, 3.63) is 33.7 Å². The molecule has 1 saturated heterocycles. The predicted octanol–water partition coefficient (Wildman–Crippen LogP) is 1.97. The SMILES string of the molecule is CC(C)c1ccc(C2CCNCC2)c(=O)[nH]1. The summed E-state index contributed by atoms with van der Waals surface area (Å²) in [4.78, 5) is 15.0. The second-order valence-corrected chi connectivity index (χ2v) is 4.88. The summed E-state index contributed by atoms with van der Waals surface area (Å²) in [5.74, 6) is 0.820. The minimum absolute atomic E-state index is 0.109. The second-order valence-electron chi connectivity index (χ2n) is 4.88. The fourth-order valence-electron chi connectivity index (χ4n) is 2.29. The van der Waals surface area contributed by atoms with Crippen molar-refractivity contribution in [3.8, 4) is 0 Å². The van der Waals surface area contributed by atoms with Gasteiger partial charge in [0.1, 0.15) is 0 Å². The van der Waals surface area contributed by atoms with Crippen molar-refractivity contribution in [2.24, 2.45) is 0 Å². The number of H-pyrrole nitrogens is 1. The van der Waals surface area contributed by atoms with E-state index in [1.54, 1.807) is 0 Å². The fourth-order valence-corrected chi connectivity index (χ4v) is 2.29. The van der Waals surface area contributed by atoms with Crippen molar-refractivity contribution >= 4 is 0 Å². The molecular formula is C13H20N2O. The summed E-state index contributed by atoms with van der Waals surface area (Å²) >= 11 is 0. The quantitative estimate of drug-likeness (QED) is 0.800. The Morgan fingerprint density at radius 2 is 1.94 bits per heavy atom. The van der Waals surface area contributed by atoms with Crippen LogP contribution in [-0.4, -0.2) is 18.1 Å². The number of hydrogen-bond donors (Lipinski definition) is 2. The lowest BCUT2D eigenvalue weighted by Gasteiger charge is -2.22. The van der Waals surface area contributed by atoms with Crippen molar-refractivity contribution < 1.29 is 0 Å². The number of piperidine rings is 1. The third-order valence-electron chi connectivity index (χ3n) is 3.36. The molecule has 88 valence electrons. The fraction of sp³-hybridized carbons (Fsp3) is 0.615. The minimum Gasteiger partial charge on any atom is -0.326 e. The zero-order valence-electron chi connectivity index (χ0n) is 10.0. The van der Waals surface area contributed by atoms with Crippen LogP contribution in [0.3, 0.4) is 0 Å². The maximum atomic E-state index is 12.0. The number of pyridine rings is 1. The third kappa shape index (κ3) is 2.35. The molecule has 0 spiro atoms. The lowest BCUT2D eigenvalue weighted by molar-refractivity contribution is 0.457. The highest BCUT2D eigenvalue weighted by atomic mass is 16.1. The van der Waals surface area contributed by atoms with Crippen LogP contribution in [0.25, 0.3) is 0 Å². The van der Waals surface area contributed by atoms with E-state index in [1.165, 1.54) is 0 Å². The Labute approximate surface area is 96.3 Å². The largest absolute Gasteiger partial charge is 0.326 e. The van der Waals surface area contributed by atoms with Crippen molar-refractivity contribution in [3.63, 3.8) is 0 Å². The van der Waals surface area contributed by atoms with Crippen LogP contribution in [0.5, 0.6) is 0 Å². The molecular weight excluding hydrogens is 200 g/mol. The summed E-state index contributed by atoms with van der Waals surface area (Å²) in [7, 11) is 0. The van der Waals surface area contributed by atoms with Gasteiger partial charge in [-0.05, 0) is 43.8 Å². The molecule has 3 nitrogen and oxygen atoms in total. The summed E-state index contributed by atoms with van der Waals surface area (Å²) in [6.07, 6.45) is 2.15. The highest BCUT2D eigenvalue weighted by Crippen LogP contribution is 2.22. The molecule has 0 unspecified atom stereocenters. The van der Waals surface area contributed by atoms with Gasteiger partial charge in [-0.25, -0.2) is 0 Å². The van der Waals surface area contributed by atoms with Crippen LogP contribution in [0.15, 0.2) is 16.9 Å². The Bertz CT molecular complexity index is 403. The molecule has 0 bridgehead atoms. The summed E-state index contributed by atoms with van der Waals surface area (Å²) in [6, 6.07) is 4.08. The van der Waals surface area contributed by atoms with Gasteiger partial charge in [0.2, 0.25) is 0 Å². The summed E-state index contributed by atoms with van der Waals surface area (Å²) < 4.78 is 0. The number of nitrogens with one attached hydrogen (secondary N) is 2. The van der Waals surface area contributed by atoms with Gasteiger partial charge in [0, 0.05) is 11.3 Å². The first kappa shape index (κ1) is 11.4. The van der Waals surface area contributed by atoms with Crippen molar-refractivity contribution in [2.45, 2.75) is 38.5 Å². The molecule has 3 heteroatoms. The van der Waals surface area contributed by atoms with Crippen molar-refractivity contribution in [2.75, 3.05) is 13.1 Å². The Balaban J connectivity index is 2.25. The molecule has 0 atom stereocenters. The van der Waals surface area contributed by atoms with Crippen molar-refractivity contribution in [1.82, 2.24) is 10.3 Å². The smallest absolute Gasteiger partial charge is 0.251 e. The Morgan fingerprint density at radius 3 is 2.50 bits per heavy atom. The number of hydrogen-bond acceptors (Lipinski definition) is 2. The van der Waals surface area contributed by atoms with E-state index < -0.39 is 0 Å². The van der Waals surface area contributed by atoms with Crippen LogP contribution in [0, 0.1) is 0 Å². The first-order chi connectivity index (χ1) is 7.68. The van der Waals surface area contributed by atoms with Gasteiger partial charge in [-0.3, -0.25) is 4.79 Å². The number of rotatable bonds is 2. The average molecular weight is 220 g/mol. The van der Waals surface area contributed by atoms with E-state index in [-0.39, 0.29) is 5.56 Å². The molecule has 1 aliphatic heterocycles. The average Bonchev–Trinajstić information content (AvgIpc) is 2.30. The van der Waals surface area contributed by atoms with Gasteiger partial charge >= 0.3 is 0 Å². The normalized spacial score (nSPS) is 17.9. The molecule has 1 aliphatic rings. The third-order valence-corrected chi connectivity index (χ3v) is 3.36. The van der Waals surface area contributed by atoms with Crippen LogP contribution < -0.4 is 10.9 Å². The standard InChI is InChI=1S/C13H20N2O/c1-9(2)12-4-3-11(13(16)15-12)10-5-7-14-8-6-10/h3-4,9-10,14H,5-8H2,1-2H3,(H,15,16). The van der Waals surface area contributed by atoms with Crippen LogP contribution in [0.1, 0.15) is 49.8 Å². The van der Waals surface area contributed by atoms with E-state index >= 15 is 0 Å². The van der Waals surface area contributed by atoms with Crippen molar-refractivity contribution in [1.29, 1.82) is 0 Å². The van der Waals surface area contributed by atoms with Crippen LogP contribution in [0.2, 0.25) is 0 Å². The molecule has 2 N–H and O–H groups in total. The second kappa shape index (κ2) is 4.83. The molecule has 0 amide bonds. The van der Waals surface area contributed by atoms with E-state index in [2.05, 4.69) is 30.2 Å². The maximum absolute atomic E-state index is 12.0. The topological polar surface area (TPSA) is 44.9 Å². The molecule has 1 aromatic heterocycles. The molecule has 1 aromatic rings. The Kier molecular flexibility index (Phi) is 3.44. The van der Waals surface area contributed by atoms with E-state index in [0.717, 1.165) is 37.2 Å². The minimum atomic E-state index is 0.109. The lowest BCUT2D eigenvalue weighted by Crippen LogP contribution is -2.29. The molecule has 1 fully saturated rings. The van der Waals surface area contributed by atoms with E-state index in [1.807, 2.05) is 6.07 Å².